The predicted octanol–water partition coefficient (Wildman–Crippen LogP) is 2.89. The Balaban J connectivity index is 1.83. The smallest absolute Gasteiger partial charge is 0.339 e. The first-order valence-corrected chi connectivity index (χ1v) is 7.63. The van der Waals surface area contributed by atoms with Crippen molar-refractivity contribution in [1.29, 1.82) is 0 Å². The fraction of sp³-hybridized carbons (Fsp3) is 0.286. The molecule has 21 heavy (non-hydrogen) atoms. The van der Waals surface area contributed by atoms with Crippen LogP contribution in [0.1, 0.15) is 20.9 Å². The van der Waals surface area contributed by atoms with E-state index >= 15 is 0 Å². The first-order valence-electron chi connectivity index (χ1n) is 6.44. The summed E-state index contributed by atoms with van der Waals surface area (Å²) in [5, 5.41) is 10.2. The van der Waals surface area contributed by atoms with Gasteiger partial charge in [-0.05, 0) is 6.07 Å². The summed E-state index contributed by atoms with van der Waals surface area (Å²) in [6.45, 7) is 2.48. The molecule has 0 spiro atoms. The van der Waals surface area contributed by atoms with Gasteiger partial charge >= 0.3 is 5.97 Å². The molecule has 2 heterocycles. The molecule has 2 aromatic rings. The summed E-state index contributed by atoms with van der Waals surface area (Å²) >= 11 is 7.35. The lowest BCUT2D eigenvalue weighted by molar-refractivity contribution is 0.0692. The molecule has 5 nitrogen and oxygen atoms in total. The second-order valence-electron chi connectivity index (χ2n) is 4.72. The number of para-hydroxylation sites is 1. The van der Waals surface area contributed by atoms with Crippen molar-refractivity contribution in [1.82, 2.24) is 9.88 Å². The normalized spacial score (nSPS) is 15.1. The third-order valence-corrected chi connectivity index (χ3v) is 4.36. The Morgan fingerprint density at radius 1 is 1.52 bits per heavy atom. The van der Waals surface area contributed by atoms with Crippen LogP contribution in [0, 0.1) is 0 Å². The molecule has 1 N–H and O–H groups in total. The molecular formula is C14H13ClN2O3S. The van der Waals surface area contributed by atoms with E-state index in [2.05, 4.69) is 9.88 Å². The zero-order valence-corrected chi connectivity index (χ0v) is 12.7. The van der Waals surface area contributed by atoms with Crippen LogP contribution in [0.5, 0.6) is 5.75 Å². The van der Waals surface area contributed by atoms with Gasteiger partial charge in [-0.3, -0.25) is 4.90 Å². The molecule has 1 aromatic carbocycles. The van der Waals surface area contributed by atoms with Crippen molar-refractivity contribution in [2.45, 2.75) is 13.1 Å². The molecule has 0 saturated carbocycles. The van der Waals surface area contributed by atoms with Gasteiger partial charge in [0.15, 0.2) is 0 Å². The summed E-state index contributed by atoms with van der Waals surface area (Å²) in [7, 11) is 0. The van der Waals surface area contributed by atoms with Crippen molar-refractivity contribution in [3.63, 3.8) is 0 Å². The zero-order chi connectivity index (χ0) is 14.8. The minimum Gasteiger partial charge on any atom is -0.491 e. The maximum Gasteiger partial charge on any atom is 0.339 e. The second kappa shape index (κ2) is 6.01. The van der Waals surface area contributed by atoms with Gasteiger partial charge in [0, 0.05) is 18.7 Å². The number of rotatable bonds is 3. The van der Waals surface area contributed by atoms with Crippen molar-refractivity contribution in [2.24, 2.45) is 0 Å². The molecule has 0 bridgehead atoms. The molecule has 1 aliphatic rings. The van der Waals surface area contributed by atoms with Crippen LogP contribution in [0.25, 0.3) is 0 Å². The molecule has 3 rings (SSSR count). The minimum absolute atomic E-state index is 0.214. The van der Waals surface area contributed by atoms with Gasteiger partial charge in [-0.1, -0.05) is 23.7 Å². The van der Waals surface area contributed by atoms with Gasteiger partial charge in [-0.2, -0.15) is 0 Å². The van der Waals surface area contributed by atoms with E-state index < -0.39 is 5.97 Å². The fourth-order valence-corrected chi connectivity index (χ4v) is 3.33. The molecule has 0 amide bonds. The summed E-state index contributed by atoms with van der Waals surface area (Å²) in [5.41, 5.74) is 1.10. The topological polar surface area (TPSA) is 62.7 Å². The summed E-state index contributed by atoms with van der Waals surface area (Å²) < 4.78 is 6.32. The summed E-state index contributed by atoms with van der Waals surface area (Å²) in [4.78, 5) is 17.7. The number of carboxylic acid groups (broad SMARTS) is 1. The molecular weight excluding hydrogens is 312 g/mol. The number of thiazole rings is 1. The van der Waals surface area contributed by atoms with E-state index in [-0.39, 0.29) is 5.56 Å². The van der Waals surface area contributed by atoms with Gasteiger partial charge in [0.2, 0.25) is 0 Å². The van der Waals surface area contributed by atoms with E-state index in [4.69, 9.17) is 16.3 Å². The minimum atomic E-state index is -0.966. The molecule has 1 aliphatic heterocycles. The third-order valence-electron chi connectivity index (χ3n) is 3.26. The van der Waals surface area contributed by atoms with Crippen molar-refractivity contribution in [3.8, 4) is 5.75 Å². The van der Waals surface area contributed by atoms with Crippen LogP contribution in [0.15, 0.2) is 24.4 Å². The molecule has 7 heteroatoms. The number of halogens is 1. The number of hydrogen-bond acceptors (Lipinski definition) is 5. The lowest BCUT2D eigenvalue weighted by Gasteiger charge is -2.17. The zero-order valence-electron chi connectivity index (χ0n) is 11.1. The number of aromatic nitrogens is 1. The molecule has 0 fully saturated rings. The van der Waals surface area contributed by atoms with Crippen molar-refractivity contribution in [3.05, 3.63) is 44.9 Å². The Bertz CT molecular complexity index is 674. The first kappa shape index (κ1) is 14.3. The third kappa shape index (κ3) is 3.18. The summed E-state index contributed by atoms with van der Waals surface area (Å²) in [5.74, 6) is -0.489. The number of carbonyl (C=O) groups is 1. The van der Waals surface area contributed by atoms with Crippen LogP contribution < -0.4 is 4.74 Å². The Kier molecular flexibility index (Phi) is 4.10. The number of aromatic carboxylic acids is 1. The SMILES string of the molecule is O=C(O)c1cccc2c1OCCN(Cc1ncc(Cl)s1)C2. The number of carboxylic acids is 1. The highest BCUT2D eigenvalue weighted by Crippen LogP contribution is 2.29. The standard InChI is InChI=1S/C14H13ClN2O3S/c15-11-6-16-12(21-11)8-17-4-5-20-13-9(7-17)2-1-3-10(13)14(18)19/h1-3,6H,4-5,7-8H2,(H,18,19). The van der Waals surface area contributed by atoms with E-state index in [0.29, 0.717) is 36.3 Å². The number of fused-ring (bicyclic) bond motifs is 1. The lowest BCUT2D eigenvalue weighted by Crippen LogP contribution is -2.25. The van der Waals surface area contributed by atoms with Crippen molar-refractivity contribution >= 4 is 28.9 Å². The number of benzene rings is 1. The van der Waals surface area contributed by atoms with E-state index in [1.165, 1.54) is 11.3 Å². The maximum absolute atomic E-state index is 11.2. The first-order chi connectivity index (χ1) is 10.1. The molecule has 0 unspecified atom stereocenters. The largest absolute Gasteiger partial charge is 0.491 e. The van der Waals surface area contributed by atoms with Crippen LogP contribution in [0.3, 0.4) is 0 Å². The van der Waals surface area contributed by atoms with Crippen LogP contribution in [0.2, 0.25) is 4.34 Å². The van der Waals surface area contributed by atoms with Gasteiger partial charge in [-0.25, -0.2) is 9.78 Å². The Morgan fingerprint density at radius 2 is 2.38 bits per heavy atom. The van der Waals surface area contributed by atoms with E-state index in [9.17, 15) is 9.90 Å². The Labute approximate surface area is 130 Å². The van der Waals surface area contributed by atoms with Gasteiger partial charge < -0.3 is 9.84 Å². The fourth-order valence-electron chi connectivity index (χ4n) is 2.33. The van der Waals surface area contributed by atoms with Gasteiger partial charge in [-0.15, -0.1) is 11.3 Å². The molecule has 1 aromatic heterocycles. The van der Waals surface area contributed by atoms with Crippen LogP contribution in [-0.4, -0.2) is 34.1 Å². The highest BCUT2D eigenvalue weighted by atomic mass is 35.5. The summed E-state index contributed by atoms with van der Waals surface area (Å²) in [6.07, 6.45) is 1.65. The highest BCUT2D eigenvalue weighted by Gasteiger charge is 2.21. The lowest BCUT2D eigenvalue weighted by atomic mass is 10.1. The Morgan fingerprint density at radius 3 is 3.10 bits per heavy atom. The average Bonchev–Trinajstić information content (AvgIpc) is 2.73. The van der Waals surface area contributed by atoms with Crippen molar-refractivity contribution < 1.29 is 14.6 Å². The number of ether oxygens (including phenoxy) is 1. The van der Waals surface area contributed by atoms with Gasteiger partial charge in [0.25, 0.3) is 0 Å². The van der Waals surface area contributed by atoms with Gasteiger partial charge in [0.1, 0.15) is 27.3 Å². The van der Waals surface area contributed by atoms with E-state index in [0.717, 1.165) is 10.6 Å². The van der Waals surface area contributed by atoms with Crippen LogP contribution in [-0.2, 0) is 13.1 Å². The second-order valence-corrected chi connectivity index (χ2v) is 6.46. The number of nitrogens with zero attached hydrogens (tertiary/aromatic N) is 2. The molecule has 0 saturated heterocycles. The molecule has 110 valence electrons. The average molecular weight is 325 g/mol. The predicted molar refractivity (Wildman–Crippen MR) is 80.1 cm³/mol. The summed E-state index contributed by atoms with van der Waals surface area (Å²) in [6, 6.07) is 5.21. The molecule has 0 radical (unpaired) electrons. The molecule has 0 aliphatic carbocycles. The van der Waals surface area contributed by atoms with Crippen LogP contribution in [0.4, 0.5) is 0 Å². The highest BCUT2D eigenvalue weighted by molar-refractivity contribution is 7.15. The number of hydrogen-bond donors (Lipinski definition) is 1. The quantitative estimate of drug-likeness (QED) is 0.940. The van der Waals surface area contributed by atoms with E-state index in [1.807, 2.05) is 6.07 Å². The monoisotopic (exact) mass is 324 g/mol. The van der Waals surface area contributed by atoms with Crippen LogP contribution >= 0.6 is 22.9 Å². The van der Waals surface area contributed by atoms with Crippen molar-refractivity contribution in [2.75, 3.05) is 13.2 Å². The molecule has 0 atom stereocenters. The van der Waals surface area contributed by atoms with E-state index in [1.54, 1.807) is 18.3 Å². The Hall–Kier alpha value is -1.63. The maximum atomic E-state index is 11.2. The van der Waals surface area contributed by atoms with Gasteiger partial charge in [0.05, 0.1) is 12.7 Å².